The van der Waals surface area contributed by atoms with Crippen LogP contribution >= 0.6 is 15.9 Å². The molecule has 1 amide bonds. The number of sulfonamides is 1. The van der Waals surface area contributed by atoms with Crippen molar-refractivity contribution in [1.29, 1.82) is 0 Å². The van der Waals surface area contributed by atoms with Gasteiger partial charge in [0.25, 0.3) is 0 Å². The van der Waals surface area contributed by atoms with Crippen LogP contribution in [0.2, 0.25) is 0 Å². The molecular formula is C23H29BrN2O4S. The van der Waals surface area contributed by atoms with Gasteiger partial charge in [0, 0.05) is 23.5 Å². The van der Waals surface area contributed by atoms with E-state index >= 15 is 0 Å². The molecule has 1 saturated heterocycles. The van der Waals surface area contributed by atoms with Gasteiger partial charge in [0.15, 0.2) is 0 Å². The van der Waals surface area contributed by atoms with Crippen molar-refractivity contribution in [3.8, 4) is 5.75 Å². The van der Waals surface area contributed by atoms with Crippen molar-refractivity contribution in [3.05, 3.63) is 63.6 Å². The van der Waals surface area contributed by atoms with Gasteiger partial charge in [-0.25, -0.2) is 12.7 Å². The van der Waals surface area contributed by atoms with Gasteiger partial charge < -0.3 is 10.1 Å². The summed E-state index contributed by atoms with van der Waals surface area (Å²) in [5.74, 6) is 0.603. The molecule has 6 nitrogen and oxygen atoms in total. The lowest BCUT2D eigenvalue weighted by atomic mass is 9.97. The van der Waals surface area contributed by atoms with Gasteiger partial charge in [-0.3, -0.25) is 4.79 Å². The number of nitrogens with zero attached hydrogens (tertiary/aromatic N) is 1. The predicted molar refractivity (Wildman–Crippen MR) is 125 cm³/mol. The van der Waals surface area contributed by atoms with E-state index in [-0.39, 0.29) is 17.6 Å². The summed E-state index contributed by atoms with van der Waals surface area (Å²) in [6.45, 7) is 5.60. The molecule has 0 atom stereocenters. The number of rotatable bonds is 8. The number of ether oxygens (including phenoxy) is 1. The van der Waals surface area contributed by atoms with Crippen LogP contribution in [0.15, 0.2) is 46.9 Å². The molecule has 2 aromatic carbocycles. The summed E-state index contributed by atoms with van der Waals surface area (Å²) in [7, 11) is -3.39. The zero-order valence-corrected chi connectivity index (χ0v) is 20.3. The second kappa shape index (κ2) is 10.6. The maximum Gasteiger partial charge on any atom is 0.223 e. The van der Waals surface area contributed by atoms with Crippen molar-refractivity contribution in [2.45, 2.75) is 32.4 Å². The highest BCUT2D eigenvalue weighted by molar-refractivity contribution is 9.10. The summed E-state index contributed by atoms with van der Waals surface area (Å²) in [4.78, 5) is 12.5. The van der Waals surface area contributed by atoms with E-state index in [0.29, 0.717) is 39.1 Å². The fourth-order valence-corrected chi connectivity index (χ4v) is 5.55. The molecule has 2 aromatic rings. The third-order valence-corrected chi connectivity index (χ3v) is 7.85. The van der Waals surface area contributed by atoms with Crippen molar-refractivity contribution in [1.82, 2.24) is 9.62 Å². The Bertz CT molecular complexity index is 1000. The van der Waals surface area contributed by atoms with Gasteiger partial charge >= 0.3 is 0 Å². The minimum Gasteiger partial charge on any atom is -0.491 e. The van der Waals surface area contributed by atoms with Crippen molar-refractivity contribution in [3.63, 3.8) is 0 Å². The van der Waals surface area contributed by atoms with Crippen molar-refractivity contribution >= 4 is 31.9 Å². The zero-order chi connectivity index (χ0) is 22.4. The van der Waals surface area contributed by atoms with Gasteiger partial charge in [-0.1, -0.05) is 45.8 Å². The van der Waals surface area contributed by atoms with Gasteiger partial charge in [-0.15, -0.1) is 0 Å². The second-order valence-electron chi connectivity index (χ2n) is 7.96. The molecule has 0 aliphatic carbocycles. The smallest absolute Gasteiger partial charge is 0.223 e. The van der Waals surface area contributed by atoms with Gasteiger partial charge in [-0.05, 0) is 56.0 Å². The summed E-state index contributed by atoms with van der Waals surface area (Å²) in [5.41, 5.74) is 3.01. The molecule has 168 valence electrons. The number of halogens is 1. The van der Waals surface area contributed by atoms with Crippen LogP contribution in [0.4, 0.5) is 0 Å². The van der Waals surface area contributed by atoms with Gasteiger partial charge in [0.2, 0.25) is 15.9 Å². The lowest BCUT2D eigenvalue weighted by molar-refractivity contribution is -0.126. The molecule has 1 heterocycles. The summed E-state index contributed by atoms with van der Waals surface area (Å²) < 4.78 is 33.6. The Morgan fingerprint density at radius 1 is 1.13 bits per heavy atom. The molecule has 1 aliphatic heterocycles. The summed E-state index contributed by atoms with van der Waals surface area (Å²) in [6, 6.07) is 13.3. The average Bonchev–Trinajstić information content (AvgIpc) is 2.74. The van der Waals surface area contributed by atoms with Crippen LogP contribution in [0.1, 0.15) is 29.5 Å². The molecule has 31 heavy (non-hydrogen) atoms. The SMILES string of the molecule is Cc1ccc(OCCNC(=O)C2CCN(S(=O)(=O)Cc3ccc(Br)cc3)CC2)c(C)c1. The third kappa shape index (κ3) is 6.79. The molecule has 0 unspecified atom stereocenters. The van der Waals surface area contributed by atoms with E-state index in [2.05, 4.69) is 27.3 Å². The Balaban J connectivity index is 1.41. The molecule has 0 radical (unpaired) electrons. The number of hydrogen-bond acceptors (Lipinski definition) is 4. The van der Waals surface area contributed by atoms with E-state index in [1.807, 2.05) is 50.2 Å². The van der Waals surface area contributed by atoms with Crippen LogP contribution in [0.5, 0.6) is 5.75 Å². The van der Waals surface area contributed by atoms with Crippen LogP contribution in [0.3, 0.4) is 0 Å². The quantitative estimate of drug-likeness (QED) is 0.550. The van der Waals surface area contributed by atoms with Crippen LogP contribution in [-0.2, 0) is 20.6 Å². The van der Waals surface area contributed by atoms with E-state index in [1.54, 1.807) is 0 Å². The Morgan fingerprint density at radius 3 is 2.45 bits per heavy atom. The molecule has 1 aliphatic rings. The summed E-state index contributed by atoms with van der Waals surface area (Å²) >= 11 is 3.36. The normalized spacial score (nSPS) is 15.6. The third-order valence-electron chi connectivity index (χ3n) is 5.47. The Morgan fingerprint density at radius 2 is 1.81 bits per heavy atom. The van der Waals surface area contributed by atoms with Gasteiger partial charge in [-0.2, -0.15) is 0 Å². The summed E-state index contributed by atoms with van der Waals surface area (Å²) in [6.07, 6.45) is 1.06. The average molecular weight is 509 g/mol. The Labute approximate surface area is 193 Å². The maximum absolute atomic E-state index is 12.7. The first-order valence-corrected chi connectivity index (χ1v) is 12.8. The Hall–Kier alpha value is -1.90. The number of carbonyl (C=O) groups is 1. The number of nitrogens with one attached hydrogen (secondary N) is 1. The molecule has 0 bridgehead atoms. The van der Waals surface area contributed by atoms with E-state index < -0.39 is 10.0 Å². The fraction of sp³-hybridized carbons (Fsp3) is 0.435. The maximum atomic E-state index is 12.7. The number of carbonyl (C=O) groups excluding carboxylic acids is 1. The molecule has 8 heteroatoms. The summed E-state index contributed by atoms with van der Waals surface area (Å²) in [5, 5.41) is 2.92. The minimum atomic E-state index is -3.39. The number of aryl methyl sites for hydroxylation is 2. The topological polar surface area (TPSA) is 75.7 Å². The van der Waals surface area contributed by atoms with Crippen molar-refractivity contribution in [2.24, 2.45) is 5.92 Å². The predicted octanol–water partition coefficient (Wildman–Crippen LogP) is 3.80. The van der Waals surface area contributed by atoms with E-state index in [4.69, 9.17) is 4.74 Å². The molecule has 0 saturated carbocycles. The highest BCUT2D eigenvalue weighted by atomic mass is 79.9. The zero-order valence-electron chi connectivity index (χ0n) is 17.9. The first-order chi connectivity index (χ1) is 14.7. The molecule has 1 fully saturated rings. The minimum absolute atomic E-state index is 0.0209. The molecular weight excluding hydrogens is 480 g/mol. The second-order valence-corrected chi connectivity index (χ2v) is 10.8. The van der Waals surface area contributed by atoms with Crippen molar-refractivity contribution in [2.75, 3.05) is 26.2 Å². The Kier molecular flexibility index (Phi) is 8.13. The van der Waals surface area contributed by atoms with Crippen LogP contribution in [0, 0.1) is 19.8 Å². The van der Waals surface area contributed by atoms with Crippen molar-refractivity contribution < 1.29 is 17.9 Å². The van der Waals surface area contributed by atoms with Gasteiger partial charge in [0.1, 0.15) is 12.4 Å². The molecule has 0 spiro atoms. The van der Waals surface area contributed by atoms with E-state index in [9.17, 15) is 13.2 Å². The number of hydrogen-bond donors (Lipinski definition) is 1. The number of amides is 1. The molecule has 1 N–H and O–H groups in total. The highest BCUT2D eigenvalue weighted by Crippen LogP contribution is 2.23. The molecule has 3 rings (SSSR count). The lowest BCUT2D eigenvalue weighted by Gasteiger charge is -2.30. The largest absolute Gasteiger partial charge is 0.491 e. The first kappa shape index (κ1) is 23.8. The van der Waals surface area contributed by atoms with Crippen LogP contribution < -0.4 is 10.1 Å². The highest BCUT2D eigenvalue weighted by Gasteiger charge is 2.31. The fourth-order valence-electron chi connectivity index (χ4n) is 3.72. The first-order valence-electron chi connectivity index (χ1n) is 10.4. The molecule has 0 aromatic heterocycles. The number of benzene rings is 2. The van der Waals surface area contributed by atoms with E-state index in [1.165, 1.54) is 9.87 Å². The standard InChI is InChI=1S/C23H29BrN2O4S/c1-17-3-8-22(18(2)15-17)30-14-11-25-23(27)20-9-12-26(13-10-20)31(28,29)16-19-4-6-21(24)7-5-19/h3-8,15,20H,9-14,16H2,1-2H3,(H,25,27). The monoisotopic (exact) mass is 508 g/mol. The van der Waals surface area contributed by atoms with Gasteiger partial charge in [0.05, 0.1) is 12.3 Å². The number of piperidine rings is 1. The van der Waals surface area contributed by atoms with Crippen LogP contribution in [-0.4, -0.2) is 44.9 Å². The lowest BCUT2D eigenvalue weighted by Crippen LogP contribution is -2.43. The van der Waals surface area contributed by atoms with Crippen LogP contribution in [0.25, 0.3) is 0 Å². The van der Waals surface area contributed by atoms with E-state index in [0.717, 1.165) is 21.3 Å².